The Hall–Kier alpha value is -6.83. The zero-order valence-corrected chi connectivity index (χ0v) is 37.1. The van der Waals surface area contributed by atoms with E-state index in [1.54, 1.807) is 54.6 Å². The molecule has 10 nitrogen and oxygen atoms in total. The van der Waals surface area contributed by atoms with Gasteiger partial charge in [-0.1, -0.05) is 97.1 Å². The zero-order valence-electron chi connectivity index (χ0n) is 37.1. The van der Waals surface area contributed by atoms with Crippen molar-refractivity contribution in [3.63, 3.8) is 0 Å². The molecule has 65 heavy (non-hydrogen) atoms. The van der Waals surface area contributed by atoms with Gasteiger partial charge in [0.15, 0.2) is 0 Å². The van der Waals surface area contributed by atoms with E-state index in [1.165, 1.54) is 71.0 Å². The fourth-order valence-electron chi connectivity index (χ4n) is 9.01. The Balaban J connectivity index is 1.46. The second kappa shape index (κ2) is 16.9. The number of alkyl halides is 3. The summed E-state index contributed by atoms with van der Waals surface area (Å²) in [7, 11) is 4.01. The van der Waals surface area contributed by atoms with Crippen LogP contribution in [0.5, 0.6) is 28.7 Å². The molecule has 2 unspecified atom stereocenters. The fraction of sp³-hybridized carbons (Fsp3) is 0.269. The molecule has 2 aliphatic rings. The fourth-order valence-corrected chi connectivity index (χ4v) is 9.01. The lowest BCUT2D eigenvalue weighted by Crippen LogP contribution is -2.65. The average Bonchev–Trinajstić information content (AvgIpc) is 3.64. The topological polar surface area (TPSA) is 96.0 Å². The Labute approximate surface area is 376 Å². The first-order valence-corrected chi connectivity index (χ1v) is 21.0. The molecule has 6 aromatic carbocycles. The zero-order chi connectivity index (χ0) is 46.4. The minimum atomic E-state index is -5.07. The van der Waals surface area contributed by atoms with Crippen LogP contribution in [-0.4, -0.2) is 54.1 Å². The third kappa shape index (κ3) is 7.72. The highest BCUT2D eigenvalue weighted by atomic mass is 19.4. The number of benzene rings is 6. The SMILES string of the molecule is COc1cccc(OC)c1C1(C2(c3c(OC)cccc3C(F)(F)F)OC(C)(C)C(=O)N2Cc2ccc(Oc3ccccc3)cc2)OC(C)(C)C(=O)N1Cc1ccc(-c2ccccc2)cc1. The van der Waals surface area contributed by atoms with Gasteiger partial charge in [0.05, 0.1) is 38.0 Å². The highest BCUT2D eigenvalue weighted by molar-refractivity contribution is 5.91. The maximum absolute atomic E-state index is 16.0. The molecule has 2 amide bonds. The highest BCUT2D eigenvalue weighted by Crippen LogP contribution is 2.66. The Morgan fingerprint density at radius 3 is 1.37 bits per heavy atom. The Bertz CT molecular complexity index is 2670. The molecule has 0 radical (unpaired) electrons. The summed E-state index contributed by atoms with van der Waals surface area (Å²) in [5.41, 5.74) is -7.79. The summed E-state index contributed by atoms with van der Waals surface area (Å²) in [5.74, 6) is -0.400. The molecule has 336 valence electrons. The van der Waals surface area contributed by atoms with Crippen LogP contribution in [0.25, 0.3) is 11.1 Å². The molecular formula is C52H49F3N2O8. The second-order valence-corrected chi connectivity index (χ2v) is 16.8. The number of ether oxygens (including phenoxy) is 6. The normalized spacial score (nSPS) is 20.2. The second-order valence-electron chi connectivity index (χ2n) is 16.8. The molecule has 0 spiro atoms. The van der Waals surface area contributed by atoms with Crippen molar-refractivity contribution in [1.29, 1.82) is 0 Å². The lowest BCUT2D eigenvalue weighted by Gasteiger charge is -2.53. The molecule has 2 aliphatic heterocycles. The van der Waals surface area contributed by atoms with E-state index in [-0.39, 0.29) is 35.9 Å². The van der Waals surface area contributed by atoms with E-state index < -0.39 is 51.8 Å². The third-order valence-electron chi connectivity index (χ3n) is 11.8. The lowest BCUT2D eigenvalue weighted by molar-refractivity contribution is -0.318. The van der Waals surface area contributed by atoms with Crippen molar-refractivity contribution < 1.29 is 51.2 Å². The van der Waals surface area contributed by atoms with Gasteiger partial charge in [0.1, 0.15) is 39.9 Å². The first-order valence-electron chi connectivity index (χ1n) is 21.0. The molecule has 2 heterocycles. The van der Waals surface area contributed by atoms with E-state index in [0.717, 1.165) is 17.2 Å². The Morgan fingerprint density at radius 1 is 0.492 bits per heavy atom. The van der Waals surface area contributed by atoms with Gasteiger partial charge in [-0.05, 0) is 98.5 Å². The molecule has 0 N–H and O–H groups in total. The molecule has 2 saturated heterocycles. The van der Waals surface area contributed by atoms with Gasteiger partial charge < -0.3 is 28.4 Å². The molecule has 0 bridgehead atoms. The number of halogens is 3. The van der Waals surface area contributed by atoms with Gasteiger partial charge in [-0.3, -0.25) is 19.4 Å². The first kappa shape index (κ1) is 44.8. The Morgan fingerprint density at radius 2 is 0.892 bits per heavy atom. The predicted molar refractivity (Wildman–Crippen MR) is 237 cm³/mol. The van der Waals surface area contributed by atoms with E-state index in [4.69, 9.17) is 28.4 Å². The largest absolute Gasteiger partial charge is 0.496 e. The van der Waals surface area contributed by atoms with Gasteiger partial charge in [-0.2, -0.15) is 13.2 Å². The maximum Gasteiger partial charge on any atom is 0.416 e. The molecule has 13 heteroatoms. The van der Waals surface area contributed by atoms with Crippen molar-refractivity contribution >= 4 is 11.8 Å². The summed E-state index contributed by atoms with van der Waals surface area (Å²) >= 11 is 0. The van der Waals surface area contributed by atoms with Gasteiger partial charge in [-0.15, -0.1) is 0 Å². The van der Waals surface area contributed by atoms with Crippen LogP contribution in [0.2, 0.25) is 0 Å². The van der Waals surface area contributed by atoms with Crippen molar-refractivity contribution in [2.24, 2.45) is 0 Å². The highest BCUT2D eigenvalue weighted by Gasteiger charge is 2.78. The predicted octanol–water partition coefficient (Wildman–Crippen LogP) is 10.9. The van der Waals surface area contributed by atoms with E-state index in [9.17, 15) is 0 Å². The molecule has 2 fully saturated rings. The average molecular weight is 887 g/mol. The number of rotatable bonds is 13. The van der Waals surface area contributed by atoms with Crippen molar-refractivity contribution in [1.82, 2.24) is 9.80 Å². The van der Waals surface area contributed by atoms with Gasteiger partial charge in [0, 0.05) is 13.1 Å². The van der Waals surface area contributed by atoms with E-state index >= 15 is 22.8 Å². The summed E-state index contributed by atoms with van der Waals surface area (Å²) in [6.07, 6.45) is -5.07. The van der Waals surface area contributed by atoms with Gasteiger partial charge in [0.2, 0.25) is 11.4 Å². The smallest absolute Gasteiger partial charge is 0.416 e. The van der Waals surface area contributed by atoms with Crippen LogP contribution in [0.4, 0.5) is 13.2 Å². The number of methoxy groups -OCH3 is 3. The number of amides is 2. The van der Waals surface area contributed by atoms with Gasteiger partial charge >= 0.3 is 6.18 Å². The summed E-state index contributed by atoms with van der Waals surface area (Å²) in [6, 6.07) is 41.4. The Kier molecular flexibility index (Phi) is 11.7. The number of para-hydroxylation sites is 1. The van der Waals surface area contributed by atoms with Crippen molar-refractivity contribution in [2.75, 3.05) is 21.3 Å². The number of nitrogens with zero attached hydrogens (tertiary/aromatic N) is 2. The molecule has 2 atom stereocenters. The molecule has 0 saturated carbocycles. The first-order chi connectivity index (χ1) is 31.0. The van der Waals surface area contributed by atoms with Crippen LogP contribution in [0.3, 0.4) is 0 Å². The van der Waals surface area contributed by atoms with Crippen LogP contribution in [0.15, 0.2) is 146 Å². The van der Waals surface area contributed by atoms with E-state index in [2.05, 4.69) is 0 Å². The standard InChI is InChI=1S/C52H49F3N2O8/c1-48(2)46(58)56(33-35-26-30-39(31-27-35)63-38-18-12-9-13-19-38)50(64-48,44-40(52(53,54)55)20-14-21-41(44)60-5)51(45-42(61-6)22-15-23-43(45)62-7)57(47(59)49(3,4)65-51)32-34-24-28-37(29-25-34)36-16-10-8-11-17-36/h8-31H,32-33H2,1-7H3. The van der Waals surface area contributed by atoms with Crippen LogP contribution in [0.1, 0.15) is 55.5 Å². The van der Waals surface area contributed by atoms with Gasteiger partial charge in [0.25, 0.3) is 11.8 Å². The van der Waals surface area contributed by atoms with E-state index in [0.29, 0.717) is 22.6 Å². The van der Waals surface area contributed by atoms with Crippen LogP contribution in [0, 0.1) is 0 Å². The molecular weight excluding hydrogens is 838 g/mol. The van der Waals surface area contributed by atoms with Crippen molar-refractivity contribution in [3.8, 4) is 39.9 Å². The van der Waals surface area contributed by atoms with Gasteiger partial charge in [-0.25, -0.2) is 0 Å². The molecule has 0 aromatic heterocycles. The number of hydrogen-bond donors (Lipinski definition) is 0. The summed E-state index contributed by atoms with van der Waals surface area (Å²) < 4.78 is 86.5. The number of carbonyl (C=O) groups excluding carboxylic acids is 2. The van der Waals surface area contributed by atoms with Crippen LogP contribution < -0.4 is 18.9 Å². The summed E-state index contributed by atoms with van der Waals surface area (Å²) in [6.45, 7) is 5.43. The number of carbonyl (C=O) groups is 2. The minimum absolute atomic E-state index is 0.00836. The van der Waals surface area contributed by atoms with E-state index in [1.807, 2.05) is 72.8 Å². The molecule has 0 aliphatic carbocycles. The molecule has 8 rings (SSSR count). The lowest BCUT2D eigenvalue weighted by atomic mass is 9.79. The third-order valence-corrected chi connectivity index (χ3v) is 11.8. The molecule has 6 aromatic rings. The van der Waals surface area contributed by atoms with Crippen LogP contribution >= 0.6 is 0 Å². The quantitative estimate of drug-likeness (QED) is 0.113. The van der Waals surface area contributed by atoms with Crippen molar-refractivity contribution in [2.45, 2.75) is 69.6 Å². The monoisotopic (exact) mass is 886 g/mol. The number of hydrogen-bond acceptors (Lipinski definition) is 8. The van der Waals surface area contributed by atoms with Crippen LogP contribution in [-0.2, 0) is 49.8 Å². The summed E-state index contributed by atoms with van der Waals surface area (Å²) in [5, 5.41) is 0. The minimum Gasteiger partial charge on any atom is -0.496 e. The maximum atomic E-state index is 16.0. The summed E-state index contributed by atoms with van der Waals surface area (Å²) in [4.78, 5) is 33.5. The van der Waals surface area contributed by atoms with Crippen molar-refractivity contribution in [3.05, 3.63) is 173 Å².